The van der Waals surface area contributed by atoms with Crippen molar-refractivity contribution in [1.29, 1.82) is 0 Å². The van der Waals surface area contributed by atoms with E-state index in [0.717, 1.165) is 6.54 Å². The van der Waals surface area contributed by atoms with Gasteiger partial charge < -0.3 is 0 Å². The first-order valence-electron chi connectivity index (χ1n) is 10.0. The Balaban J connectivity index is 1.41. The van der Waals surface area contributed by atoms with Crippen LogP contribution >= 0.6 is 0 Å². The van der Waals surface area contributed by atoms with Gasteiger partial charge in [-0.3, -0.25) is 4.90 Å². The summed E-state index contributed by atoms with van der Waals surface area (Å²) in [5.74, 6) is 0. The Morgan fingerprint density at radius 1 is 0.704 bits per heavy atom. The third kappa shape index (κ3) is 3.36. The van der Waals surface area contributed by atoms with Gasteiger partial charge in [-0.05, 0) is 53.2 Å². The van der Waals surface area contributed by atoms with Crippen LogP contribution in [0.3, 0.4) is 0 Å². The Bertz CT molecular complexity index is 942. The van der Waals surface area contributed by atoms with Crippen LogP contribution in [0.2, 0.25) is 0 Å². The molecule has 2 atom stereocenters. The van der Waals surface area contributed by atoms with E-state index in [-0.39, 0.29) is 0 Å². The molecule has 2 aliphatic heterocycles. The number of benzene rings is 3. The lowest BCUT2D eigenvalue weighted by molar-refractivity contribution is 0.203. The minimum absolute atomic E-state index is 0.583. The zero-order valence-electron chi connectivity index (χ0n) is 15.6. The lowest BCUT2D eigenvalue weighted by Gasteiger charge is -2.34. The molecule has 0 aromatic heterocycles. The summed E-state index contributed by atoms with van der Waals surface area (Å²) in [6.07, 6.45) is 6.31. The van der Waals surface area contributed by atoms with Crippen molar-refractivity contribution in [2.24, 2.45) is 0 Å². The fraction of sp³-hybridized carbons (Fsp3) is 0.231. The topological polar surface area (TPSA) is 3.24 Å². The molecule has 0 saturated carbocycles. The van der Waals surface area contributed by atoms with Gasteiger partial charge in [0, 0.05) is 18.6 Å². The van der Waals surface area contributed by atoms with Crippen molar-refractivity contribution >= 4 is 5.57 Å². The van der Waals surface area contributed by atoms with Crippen molar-refractivity contribution in [3.8, 4) is 11.1 Å². The molecule has 3 aromatic carbocycles. The molecule has 2 heterocycles. The Labute approximate surface area is 162 Å². The number of nitrogens with zero attached hydrogens (tertiary/aromatic N) is 1. The van der Waals surface area contributed by atoms with Crippen LogP contribution in [0.4, 0.5) is 0 Å². The maximum Gasteiger partial charge on any atom is 0.0291 e. The third-order valence-electron chi connectivity index (χ3n) is 6.09. The summed E-state index contributed by atoms with van der Waals surface area (Å²) in [4.78, 5) is 2.71. The molecule has 2 aliphatic rings. The van der Waals surface area contributed by atoms with Gasteiger partial charge in [-0.1, -0.05) is 84.9 Å². The number of fused-ring (bicyclic) bond motifs is 2. The Kier molecular flexibility index (Phi) is 4.39. The normalized spacial score (nSPS) is 21.9. The van der Waals surface area contributed by atoms with Crippen LogP contribution in [0.1, 0.15) is 30.4 Å². The molecule has 1 heteroatoms. The molecule has 2 unspecified atom stereocenters. The molecule has 0 spiro atoms. The van der Waals surface area contributed by atoms with Crippen molar-refractivity contribution in [2.75, 3.05) is 0 Å². The second-order valence-electron chi connectivity index (χ2n) is 7.80. The van der Waals surface area contributed by atoms with Gasteiger partial charge in [0.15, 0.2) is 0 Å². The van der Waals surface area contributed by atoms with Gasteiger partial charge in [0.25, 0.3) is 0 Å². The zero-order valence-corrected chi connectivity index (χ0v) is 15.6. The molecule has 3 aromatic rings. The highest BCUT2D eigenvalue weighted by atomic mass is 15.2. The first-order chi connectivity index (χ1) is 13.4. The molecule has 0 radical (unpaired) electrons. The van der Waals surface area contributed by atoms with Crippen molar-refractivity contribution in [1.82, 2.24) is 4.90 Å². The van der Waals surface area contributed by atoms with E-state index in [0.29, 0.717) is 12.1 Å². The van der Waals surface area contributed by atoms with Crippen molar-refractivity contribution in [2.45, 2.75) is 37.9 Å². The van der Waals surface area contributed by atoms with E-state index in [2.05, 4.69) is 95.9 Å². The smallest absolute Gasteiger partial charge is 0.0291 e. The summed E-state index contributed by atoms with van der Waals surface area (Å²) in [7, 11) is 0. The monoisotopic (exact) mass is 351 g/mol. The Morgan fingerprint density at radius 2 is 1.41 bits per heavy atom. The Hall–Kier alpha value is -2.64. The van der Waals surface area contributed by atoms with Crippen LogP contribution in [-0.4, -0.2) is 17.0 Å². The van der Waals surface area contributed by atoms with E-state index in [1.165, 1.54) is 47.1 Å². The van der Waals surface area contributed by atoms with Gasteiger partial charge in [0.1, 0.15) is 0 Å². The first-order valence-corrected chi connectivity index (χ1v) is 10.0. The van der Waals surface area contributed by atoms with Crippen molar-refractivity contribution in [3.63, 3.8) is 0 Å². The largest absolute Gasteiger partial charge is 0.289 e. The van der Waals surface area contributed by atoms with Gasteiger partial charge >= 0.3 is 0 Å². The predicted molar refractivity (Wildman–Crippen MR) is 113 cm³/mol. The van der Waals surface area contributed by atoms with E-state index in [1.807, 2.05) is 0 Å². The van der Waals surface area contributed by atoms with Crippen molar-refractivity contribution in [3.05, 3.63) is 102 Å². The number of hydrogen-bond donors (Lipinski definition) is 0. The summed E-state index contributed by atoms with van der Waals surface area (Å²) in [5.41, 5.74) is 6.96. The lowest BCUT2D eigenvalue weighted by Crippen LogP contribution is -2.37. The minimum Gasteiger partial charge on any atom is -0.289 e. The summed E-state index contributed by atoms with van der Waals surface area (Å²) in [6, 6.07) is 31.9. The highest BCUT2D eigenvalue weighted by Gasteiger charge is 2.36. The third-order valence-corrected chi connectivity index (χ3v) is 6.09. The molecule has 27 heavy (non-hydrogen) atoms. The molecule has 0 aliphatic carbocycles. The summed E-state index contributed by atoms with van der Waals surface area (Å²) in [6.45, 7) is 1.07. The van der Waals surface area contributed by atoms with E-state index < -0.39 is 0 Å². The van der Waals surface area contributed by atoms with Gasteiger partial charge in [-0.15, -0.1) is 0 Å². The second kappa shape index (κ2) is 7.17. The summed E-state index contributed by atoms with van der Waals surface area (Å²) < 4.78 is 0. The first kappa shape index (κ1) is 16.5. The standard InChI is InChI=1S/C26H25N/c1-3-8-20(9-4-1)19-27-25-14-15-26(27)18-24(17-25)23-13-7-12-22(16-23)21-10-5-2-6-11-21/h1-13,16-17,25-26H,14-15,18-19H2. The van der Waals surface area contributed by atoms with E-state index >= 15 is 0 Å². The predicted octanol–water partition coefficient (Wildman–Crippen LogP) is 6.17. The maximum atomic E-state index is 2.71. The van der Waals surface area contributed by atoms with E-state index in [9.17, 15) is 0 Å². The quantitative estimate of drug-likeness (QED) is 0.543. The minimum atomic E-state index is 0.583. The van der Waals surface area contributed by atoms with Gasteiger partial charge in [0.05, 0.1) is 0 Å². The average molecular weight is 351 g/mol. The maximum absolute atomic E-state index is 2.71. The van der Waals surface area contributed by atoms with Gasteiger partial charge in [-0.25, -0.2) is 0 Å². The molecular weight excluding hydrogens is 326 g/mol. The Morgan fingerprint density at radius 3 is 2.19 bits per heavy atom. The van der Waals surface area contributed by atoms with Crippen LogP contribution in [0.5, 0.6) is 0 Å². The number of rotatable bonds is 4. The second-order valence-corrected chi connectivity index (χ2v) is 7.80. The SMILES string of the molecule is C1=C(c2cccc(-c3ccccc3)c2)CC2CCC1N2Cc1ccccc1. The molecule has 1 fully saturated rings. The molecule has 0 amide bonds. The van der Waals surface area contributed by atoms with Crippen molar-refractivity contribution < 1.29 is 0 Å². The molecule has 1 nitrogen and oxygen atoms in total. The van der Waals surface area contributed by atoms with Crippen LogP contribution < -0.4 is 0 Å². The molecule has 0 N–H and O–H groups in total. The van der Waals surface area contributed by atoms with Gasteiger partial charge in [-0.2, -0.15) is 0 Å². The van der Waals surface area contributed by atoms with Crippen LogP contribution in [0.15, 0.2) is 91.0 Å². The highest BCUT2D eigenvalue weighted by molar-refractivity contribution is 5.74. The van der Waals surface area contributed by atoms with Crippen LogP contribution in [-0.2, 0) is 6.54 Å². The van der Waals surface area contributed by atoms with Crippen LogP contribution in [0, 0.1) is 0 Å². The lowest BCUT2D eigenvalue weighted by atomic mass is 9.92. The fourth-order valence-corrected chi connectivity index (χ4v) is 4.70. The van der Waals surface area contributed by atoms with Crippen LogP contribution in [0.25, 0.3) is 16.7 Å². The molecule has 5 rings (SSSR count). The number of hydrogen-bond acceptors (Lipinski definition) is 1. The highest BCUT2D eigenvalue weighted by Crippen LogP contribution is 2.40. The van der Waals surface area contributed by atoms with E-state index in [1.54, 1.807) is 0 Å². The van der Waals surface area contributed by atoms with E-state index in [4.69, 9.17) is 0 Å². The summed E-state index contributed by atoms with van der Waals surface area (Å²) >= 11 is 0. The zero-order chi connectivity index (χ0) is 18.1. The van der Waals surface area contributed by atoms with Gasteiger partial charge in [0.2, 0.25) is 0 Å². The summed E-state index contributed by atoms with van der Waals surface area (Å²) in [5, 5.41) is 0. The fourth-order valence-electron chi connectivity index (χ4n) is 4.70. The average Bonchev–Trinajstić information content (AvgIpc) is 2.97. The molecule has 1 saturated heterocycles. The molecule has 134 valence electrons. The molecular formula is C26H25N. The molecule has 2 bridgehead atoms.